The maximum Gasteiger partial charge on any atom is 0.245 e. The molecule has 0 bridgehead atoms. The Bertz CT molecular complexity index is 985. The van der Waals surface area contributed by atoms with E-state index in [1.807, 2.05) is 12.1 Å². The minimum absolute atomic E-state index is 0.00113. The average molecular weight is 485 g/mol. The zero-order valence-corrected chi connectivity index (χ0v) is 18.8. The quantitative estimate of drug-likeness (QED) is 0.624. The van der Waals surface area contributed by atoms with Gasteiger partial charge in [0, 0.05) is 37.0 Å². The van der Waals surface area contributed by atoms with Crippen LogP contribution in [0.2, 0.25) is 10.0 Å². The molecule has 1 aromatic carbocycles. The van der Waals surface area contributed by atoms with Gasteiger partial charge in [0.1, 0.15) is 17.6 Å². The van der Waals surface area contributed by atoms with Gasteiger partial charge in [-0.05, 0) is 30.3 Å². The molecule has 0 saturated carbocycles. The van der Waals surface area contributed by atoms with Crippen LogP contribution >= 0.6 is 35.0 Å². The molecule has 2 aromatic rings. The Hall–Kier alpha value is -1.67. The number of amides is 1. The highest BCUT2D eigenvalue weighted by atomic mass is 35.5. The normalized spacial score (nSPS) is 19.9. The summed E-state index contributed by atoms with van der Waals surface area (Å²) in [4.78, 5) is 16.2. The molecular formula is C19H18Cl2N4O3S2. The van der Waals surface area contributed by atoms with Gasteiger partial charge in [0.25, 0.3) is 0 Å². The van der Waals surface area contributed by atoms with Crippen LogP contribution in [0.4, 0.5) is 0 Å². The van der Waals surface area contributed by atoms with Crippen LogP contribution in [0.1, 0.15) is 5.56 Å². The first-order valence-electron chi connectivity index (χ1n) is 8.93. The summed E-state index contributed by atoms with van der Waals surface area (Å²) in [6, 6.07) is 10.2. The fourth-order valence-electron chi connectivity index (χ4n) is 3.01. The molecule has 0 radical (unpaired) electrons. The van der Waals surface area contributed by atoms with Crippen LogP contribution in [-0.4, -0.2) is 56.0 Å². The molecule has 1 aliphatic rings. The van der Waals surface area contributed by atoms with E-state index in [1.54, 1.807) is 28.7 Å². The molecule has 30 heavy (non-hydrogen) atoms. The Morgan fingerprint density at radius 2 is 2.17 bits per heavy atom. The summed E-state index contributed by atoms with van der Waals surface area (Å²) in [5.74, 6) is -0.484. The number of carbonyl (C=O) groups is 1. The summed E-state index contributed by atoms with van der Waals surface area (Å²) in [6.07, 6.45) is 1.56. The monoisotopic (exact) mass is 484 g/mol. The second kappa shape index (κ2) is 10.6. The van der Waals surface area contributed by atoms with Crippen LogP contribution in [-0.2, 0) is 15.8 Å². The molecule has 1 aromatic heterocycles. The van der Waals surface area contributed by atoms with E-state index in [1.165, 1.54) is 17.8 Å². The molecule has 158 valence electrons. The van der Waals surface area contributed by atoms with Gasteiger partial charge in [-0.2, -0.15) is 5.26 Å². The fraction of sp³-hybridized carbons (Fsp3) is 0.316. The van der Waals surface area contributed by atoms with Gasteiger partial charge in [0.2, 0.25) is 5.91 Å². The largest absolute Gasteiger partial charge is 0.387 e. The van der Waals surface area contributed by atoms with Crippen LogP contribution < -0.4 is 5.32 Å². The lowest BCUT2D eigenvalue weighted by atomic mass is 10.1. The number of rotatable bonds is 7. The van der Waals surface area contributed by atoms with Crippen molar-refractivity contribution in [3.63, 3.8) is 0 Å². The minimum atomic E-state index is -1.52. The molecule has 2 unspecified atom stereocenters. The lowest BCUT2D eigenvalue weighted by Crippen LogP contribution is -2.35. The molecule has 11 heteroatoms. The Kier molecular flexibility index (Phi) is 8.11. The molecule has 2 N–H and O–H groups in total. The summed E-state index contributed by atoms with van der Waals surface area (Å²) >= 11 is 13.7. The molecule has 1 saturated heterocycles. The maximum absolute atomic E-state index is 13.1. The summed E-state index contributed by atoms with van der Waals surface area (Å²) in [7, 11) is -1.52. The summed E-state index contributed by atoms with van der Waals surface area (Å²) in [5.41, 5.74) is 0.397. The van der Waals surface area contributed by atoms with Crippen molar-refractivity contribution in [1.82, 2.24) is 14.6 Å². The van der Waals surface area contributed by atoms with Crippen molar-refractivity contribution in [3.05, 3.63) is 52.1 Å². The number of nitrogens with one attached hydrogen (secondary N) is 1. The number of aliphatic hydroxyl groups excluding tert-OH is 1. The number of hydrogen-bond acceptors (Lipinski definition) is 6. The Balaban J connectivity index is 1.77. The van der Waals surface area contributed by atoms with Crippen LogP contribution in [0, 0.1) is 17.2 Å². The summed E-state index contributed by atoms with van der Waals surface area (Å²) in [5, 5.41) is 22.2. The van der Waals surface area contributed by atoms with E-state index >= 15 is 0 Å². The molecule has 7 nitrogen and oxygen atoms in total. The van der Waals surface area contributed by atoms with Crippen LogP contribution in [0.5, 0.6) is 0 Å². The molecular weight excluding hydrogens is 467 g/mol. The number of halogens is 2. The number of hydrogen-bond donors (Lipinski definition) is 2. The van der Waals surface area contributed by atoms with Crippen molar-refractivity contribution >= 4 is 51.9 Å². The summed E-state index contributed by atoms with van der Waals surface area (Å²) in [6.45, 7) is 0.691. The number of aliphatic hydroxyl groups is 1. The van der Waals surface area contributed by atoms with Crippen molar-refractivity contribution in [1.29, 1.82) is 5.26 Å². The topological polar surface area (TPSA) is 106 Å². The van der Waals surface area contributed by atoms with E-state index in [0.29, 0.717) is 35.1 Å². The van der Waals surface area contributed by atoms with Crippen LogP contribution in [0.3, 0.4) is 0 Å². The van der Waals surface area contributed by atoms with Gasteiger partial charge in [0.05, 0.1) is 31.6 Å². The SMILES string of the molecule is N#Cc1ccc(S(=O)N2CC(CNC(=O)CO)[C@@H](Sc3ccc(Cl)cn3)C2)c(Cl)c1. The number of nitrogens with zero attached hydrogens (tertiary/aromatic N) is 3. The molecule has 0 aliphatic carbocycles. The second-order valence-electron chi connectivity index (χ2n) is 6.55. The Labute approximate surface area is 191 Å². The van der Waals surface area contributed by atoms with Crippen LogP contribution in [0.25, 0.3) is 0 Å². The van der Waals surface area contributed by atoms with Crippen molar-refractivity contribution in [3.8, 4) is 6.07 Å². The van der Waals surface area contributed by atoms with Gasteiger partial charge in [-0.15, -0.1) is 11.8 Å². The molecule has 1 fully saturated rings. The third-order valence-electron chi connectivity index (χ3n) is 4.51. The van der Waals surface area contributed by atoms with Gasteiger partial charge in [-0.25, -0.2) is 13.5 Å². The van der Waals surface area contributed by atoms with Crippen molar-refractivity contribution in [2.45, 2.75) is 15.2 Å². The molecule has 3 rings (SSSR count). The van der Waals surface area contributed by atoms with Crippen molar-refractivity contribution in [2.75, 3.05) is 26.2 Å². The lowest BCUT2D eigenvalue weighted by Gasteiger charge is -2.17. The van der Waals surface area contributed by atoms with E-state index in [9.17, 15) is 9.00 Å². The average Bonchev–Trinajstić information content (AvgIpc) is 3.15. The number of carbonyl (C=O) groups excluding carboxylic acids is 1. The third-order valence-corrected chi connectivity index (χ3v) is 7.98. The summed E-state index contributed by atoms with van der Waals surface area (Å²) < 4.78 is 14.9. The highest BCUT2D eigenvalue weighted by molar-refractivity contribution is 8.00. The first-order valence-corrected chi connectivity index (χ1v) is 11.7. The van der Waals surface area contributed by atoms with Crippen LogP contribution in [0.15, 0.2) is 46.5 Å². The van der Waals surface area contributed by atoms with E-state index in [0.717, 1.165) is 5.03 Å². The highest BCUT2D eigenvalue weighted by Gasteiger charge is 2.37. The van der Waals surface area contributed by atoms with E-state index in [2.05, 4.69) is 10.3 Å². The highest BCUT2D eigenvalue weighted by Crippen LogP contribution is 2.35. The number of nitriles is 1. The Morgan fingerprint density at radius 3 is 2.80 bits per heavy atom. The molecule has 0 spiro atoms. The number of benzene rings is 1. The smallest absolute Gasteiger partial charge is 0.245 e. The number of thioether (sulfide) groups is 1. The lowest BCUT2D eigenvalue weighted by molar-refractivity contribution is -0.123. The van der Waals surface area contributed by atoms with E-state index in [-0.39, 0.29) is 16.2 Å². The van der Waals surface area contributed by atoms with Gasteiger partial charge in [0.15, 0.2) is 0 Å². The van der Waals surface area contributed by atoms with Gasteiger partial charge in [-0.1, -0.05) is 23.2 Å². The van der Waals surface area contributed by atoms with Gasteiger partial charge in [-0.3, -0.25) is 4.79 Å². The number of pyridine rings is 1. The zero-order chi connectivity index (χ0) is 21.7. The van der Waals surface area contributed by atoms with Gasteiger partial charge < -0.3 is 10.4 Å². The standard InChI is InChI=1S/C19H18Cl2N4O3S2/c20-14-2-4-19(24-8-14)29-16-10-25(9-13(16)7-23-18(27)11-26)30(28)17-3-1-12(6-22)5-15(17)21/h1-5,8,13,16,26H,7,9-11H2,(H,23,27)/t13?,16-,30?/m0/s1. The van der Waals surface area contributed by atoms with E-state index < -0.39 is 23.5 Å². The zero-order valence-electron chi connectivity index (χ0n) is 15.6. The first-order chi connectivity index (χ1) is 14.4. The molecule has 2 heterocycles. The third kappa shape index (κ3) is 5.72. The number of aromatic nitrogens is 1. The second-order valence-corrected chi connectivity index (χ2v) is 10.1. The van der Waals surface area contributed by atoms with Crippen molar-refractivity contribution in [2.24, 2.45) is 5.92 Å². The maximum atomic E-state index is 13.1. The molecule has 3 atom stereocenters. The fourth-order valence-corrected chi connectivity index (χ4v) is 6.10. The predicted molar refractivity (Wildman–Crippen MR) is 117 cm³/mol. The Morgan fingerprint density at radius 1 is 1.37 bits per heavy atom. The van der Waals surface area contributed by atoms with Gasteiger partial charge >= 0.3 is 0 Å². The minimum Gasteiger partial charge on any atom is -0.387 e. The van der Waals surface area contributed by atoms with E-state index in [4.69, 9.17) is 33.6 Å². The predicted octanol–water partition coefficient (Wildman–Crippen LogP) is 2.48. The van der Waals surface area contributed by atoms with Crippen molar-refractivity contribution < 1.29 is 14.1 Å². The molecule has 1 amide bonds. The first kappa shape index (κ1) is 23.0. The molecule has 1 aliphatic heterocycles.